The van der Waals surface area contributed by atoms with Crippen molar-refractivity contribution in [3.8, 4) is 22.4 Å². The molecule has 5 rings (SSSR count). The zero-order chi connectivity index (χ0) is 22.6. The summed E-state index contributed by atoms with van der Waals surface area (Å²) in [5.41, 5.74) is 5.85. The number of hydrogen-bond acceptors (Lipinski definition) is 4. The average molecular weight is 424 g/mol. The number of pyridine rings is 2. The Morgan fingerprint density at radius 3 is 2.44 bits per heavy atom. The van der Waals surface area contributed by atoms with E-state index in [9.17, 15) is 14.7 Å². The first-order chi connectivity index (χ1) is 15.3. The molecule has 0 fully saturated rings. The molecule has 0 atom stereocenters. The minimum atomic E-state index is -1.04. The number of aromatic nitrogens is 4. The third kappa shape index (κ3) is 2.98. The van der Waals surface area contributed by atoms with Gasteiger partial charge in [-0.05, 0) is 53.3 Å². The van der Waals surface area contributed by atoms with Crippen LogP contribution < -0.4 is 5.69 Å². The molecule has 0 aliphatic rings. The van der Waals surface area contributed by atoms with E-state index in [4.69, 9.17) is 0 Å². The molecule has 5 aromatic rings. The predicted octanol–water partition coefficient (Wildman–Crippen LogP) is 4.16. The van der Waals surface area contributed by atoms with Gasteiger partial charge in [-0.15, -0.1) is 0 Å². The van der Waals surface area contributed by atoms with Gasteiger partial charge >= 0.3 is 11.7 Å². The number of imidazole rings is 1. The van der Waals surface area contributed by atoms with E-state index < -0.39 is 5.97 Å². The lowest BCUT2D eigenvalue weighted by Gasteiger charge is -2.10. The lowest BCUT2D eigenvalue weighted by molar-refractivity contribution is 0.0689. The van der Waals surface area contributed by atoms with E-state index in [1.807, 2.05) is 48.7 Å². The molecule has 0 saturated heterocycles. The van der Waals surface area contributed by atoms with Gasteiger partial charge in [0.25, 0.3) is 0 Å². The zero-order valence-corrected chi connectivity index (χ0v) is 17.8. The average Bonchev–Trinajstić information content (AvgIpc) is 3.01. The molecule has 7 heteroatoms. The number of carboxylic acid groups (broad SMARTS) is 1. The summed E-state index contributed by atoms with van der Waals surface area (Å²) in [5.74, 6) is -1.04. The Balaban J connectivity index is 1.63. The number of benzene rings is 2. The maximum atomic E-state index is 12.3. The summed E-state index contributed by atoms with van der Waals surface area (Å²) in [4.78, 5) is 32.2. The Labute approximate surface area is 183 Å². The van der Waals surface area contributed by atoms with E-state index >= 15 is 0 Å². The van der Waals surface area contributed by atoms with E-state index in [2.05, 4.69) is 9.97 Å². The molecule has 0 saturated carbocycles. The largest absolute Gasteiger partial charge is 0.477 e. The van der Waals surface area contributed by atoms with E-state index in [0.717, 1.165) is 44.2 Å². The first kappa shape index (κ1) is 19.7. The monoisotopic (exact) mass is 424 g/mol. The number of aromatic carboxylic acids is 1. The van der Waals surface area contributed by atoms with Crippen molar-refractivity contribution in [3.63, 3.8) is 0 Å². The van der Waals surface area contributed by atoms with Gasteiger partial charge in [0.1, 0.15) is 0 Å². The van der Waals surface area contributed by atoms with Gasteiger partial charge in [0, 0.05) is 37.4 Å². The second-order valence-electron chi connectivity index (χ2n) is 7.90. The van der Waals surface area contributed by atoms with Gasteiger partial charge in [0.05, 0.1) is 16.7 Å². The van der Waals surface area contributed by atoms with Crippen LogP contribution in [0.4, 0.5) is 0 Å². The van der Waals surface area contributed by atoms with Crippen LogP contribution in [0.3, 0.4) is 0 Å². The van der Waals surface area contributed by atoms with Gasteiger partial charge in [-0.3, -0.25) is 14.1 Å². The molecule has 32 heavy (non-hydrogen) atoms. The zero-order valence-electron chi connectivity index (χ0n) is 17.8. The highest BCUT2D eigenvalue weighted by atomic mass is 16.4. The number of carbonyl (C=O) groups is 1. The molecule has 1 N–H and O–H groups in total. The van der Waals surface area contributed by atoms with Gasteiger partial charge < -0.3 is 5.11 Å². The van der Waals surface area contributed by atoms with Crippen molar-refractivity contribution in [2.45, 2.75) is 6.92 Å². The van der Waals surface area contributed by atoms with Crippen molar-refractivity contribution < 1.29 is 9.90 Å². The van der Waals surface area contributed by atoms with Crippen molar-refractivity contribution in [3.05, 3.63) is 82.7 Å². The minimum absolute atomic E-state index is 0.0440. The highest BCUT2D eigenvalue weighted by Gasteiger charge is 2.13. The molecule has 0 spiro atoms. The number of fused-ring (bicyclic) bond motifs is 2. The molecule has 0 amide bonds. The van der Waals surface area contributed by atoms with E-state index in [1.165, 1.54) is 6.20 Å². The third-order valence-corrected chi connectivity index (χ3v) is 5.92. The van der Waals surface area contributed by atoms with Crippen LogP contribution in [0.1, 0.15) is 16.1 Å². The van der Waals surface area contributed by atoms with Crippen LogP contribution in [0, 0.1) is 6.92 Å². The van der Waals surface area contributed by atoms with Crippen LogP contribution in [0.15, 0.2) is 65.7 Å². The van der Waals surface area contributed by atoms with Gasteiger partial charge in [0.15, 0.2) is 5.69 Å². The fourth-order valence-electron chi connectivity index (χ4n) is 4.19. The Hall–Kier alpha value is -4.26. The van der Waals surface area contributed by atoms with Crippen LogP contribution in [0.5, 0.6) is 0 Å². The summed E-state index contributed by atoms with van der Waals surface area (Å²) >= 11 is 0. The fourth-order valence-corrected chi connectivity index (χ4v) is 4.19. The van der Waals surface area contributed by atoms with Crippen LogP contribution in [0.2, 0.25) is 0 Å². The van der Waals surface area contributed by atoms with Crippen LogP contribution >= 0.6 is 0 Å². The van der Waals surface area contributed by atoms with Crippen molar-refractivity contribution in [1.29, 1.82) is 0 Å². The molecule has 0 unspecified atom stereocenters. The molecule has 0 aliphatic heterocycles. The maximum Gasteiger partial charge on any atom is 0.354 e. The SMILES string of the molecule is Cc1cc(-c2cc3cccc(-c4ccc5c(c4)n(C)c(=O)n5C)c3cn2)cnc1C(=O)O. The first-order valence-corrected chi connectivity index (χ1v) is 10.1. The topological polar surface area (TPSA) is 90.0 Å². The van der Waals surface area contributed by atoms with E-state index in [1.54, 1.807) is 36.2 Å². The Morgan fingerprint density at radius 2 is 1.69 bits per heavy atom. The van der Waals surface area contributed by atoms with E-state index in [0.29, 0.717) is 5.56 Å². The van der Waals surface area contributed by atoms with Gasteiger partial charge in [-0.1, -0.05) is 24.3 Å². The number of nitrogens with zero attached hydrogens (tertiary/aromatic N) is 4. The summed E-state index contributed by atoms with van der Waals surface area (Å²) in [6.07, 6.45) is 3.37. The molecular weight excluding hydrogens is 404 g/mol. The van der Waals surface area contributed by atoms with Gasteiger partial charge in [-0.2, -0.15) is 0 Å². The molecule has 0 bridgehead atoms. The number of aryl methyl sites for hydroxylation is 3. The van der Waals surface area contributed by atoms with Crippen molar-refractivity contribution in [1.82, 2.24) is 19.1 Å². The smallest absolute Gasteiger partial charge is 0.354 e. The van der Waals surface area contributed by atoms with Crippen molar-refractivity contribution >= 4 is 27.8 Å². The fraction of sp³-hybridized carbons (Fsp3) is 0.120. The summed E-state index contributed by atoms with van der Waals surface area (Å²) in [6, 6.07) is 15.8. The highest BCUT2D eigenvalue weighted by molar-refractivity contribution is 5.99. The second kappa shape index (κ2) is 7.16. The summed E-state index contributed by atoms with van der Waals surface area (Å²) in [5, 5.41) is 11.2. The summed E-state index contributed by atoms with van der Waals surface area (Å²) in [7, 11) is 3.55. The molecular formula is C25H20N4O3. The molecule has 0 radical (unpaired) electrons. The standard InChI is InChI=1S/C25H20N4O3/c1-14-9-17(12-27-23(14)24(30)31)20-10-15-5-4-6-18(19(15)13-26-20)16-7-8-21-22(11-16)29(3)25(32)28(21)2/h4-13H,1-3H3,(H,30,31). The van der Waals surface area contributed by atoms with Crippen molar-refractivity contribution in [2.75, 3.05) is 0 Å². The number of rotatable bonds is 3. The quantitative estimate of drug-likeness (QED) is 0.470. The van der Waals surface area contributed by atoms with Crippen LogP contribution in [-0.2, 0) is 14.1 Å². The lowest BCUT2D eigenvalue weighted by atomic mass is 9.98. The van der Waals surface area contributed by atoms with Crippen LogP contribution in [0.25, 0.3) is 44.2 Å². The second-order valence-corrected chi connectivity index (χ2v) is 7.90. The molecule has 3 aromatic heterocycles. The van der Waals surface area contributed by atoms with E-state index in [-0.39, 0.29) is 11.4 Å². The normalized spacial score (nSPS) is 11.3. The highest BCUT2D eigenvalue weighted by Crippen LogP contribution is 2.32. The number of hydrogen-bond donors (Lipinski definition) is 1. The van der Waals surface area contributed by atoms with Gasteiger partial charge in [-0.25, -0.2) is 14.6 Å². The molecule has 3 heterocycles. The van der Waals surface area contributed by atoms with Crippen molar-refractivity contribution in [2.24, 2.45) is 14.1 Å². The summed E-state index contributed by atoms with van der Waals surface area (Å²) in [6.45, 7) is 1.73. The summed E-state index contributed by atoms with van der Waals surface area (Å²) < 4.78 is 3.29. The lowest BCUT2D eigenvalue weighted by Crippen LogP contribution is -2.19. The minimum Gasteiger partial charge on any atom is -0.477 e. The molecule has 2 aromatic carbocycles. The first-order valence-electron chi connectivity index (χ1n) is 10.1. The number of carboxylic acids is 1. The Morgan fingerprint density at radius 1 is 0.906 bits per heavy atom. The third-order valence-electron chi connectivity index (χ3n) is 5.92. The molecule has 7 nitrogen and oxygen atoms in total. The predicted molar refractivity (Wildman–Crippen MR) is 124 cm³/mol. The maximum absolute atomic E-state index is 12.3. The Bertz CT molecular complexity index is 1610. The Kier molecular flexibility index (Phi) is 4.41. The van der Waals surface area contributed by atoms with Gasteiger partial charge in [0.2, 0.25) is 0 Å². The molecule has 0 aliphatic carbocycles. The van der Waals surface area contributed by atoms with Crippen LogP contribution in [-0.4, -0.2) is 30.2 Å². The molecule has 158 valence electrons.